The second-order valence-electron chi connectivity index (χ2n) is 7.35. The predicted molar refractivity (Wildman–Crippen MR) is 119 cm³/mol. The van der Waals surface area contributed by atoms with Gasteiger partial charge >= 0.3 is 5.97 Å². The first-order valence-electron chi connectivity index (χ1n) is 10.4. The standard InChI is InChI=1S/C24H30O6S/c1-18(25)15-21(12-13-29-17-19-7-4-3-5-8-19)30-24(27)16-20(28-2)10-11-22(26)23-9-6-14-31-23/h3-9,14,20-21H,10-13,15-17H2,1-2H3. The lowest BCUT2D eigenvalue weighted by molar-refractivity contribution is -0.153. The van der Waals surface area contributed by atoms with Crippen molar-refractivity contribution in [3.8, 4) is 0 Å². The molecule has 6 nitrogen and oxygen atoms in total. The fraction of sp³-hybridized carbons (Fsp3) is 0.458. The van der Waals surface area contributed by atoms with Crippen LogP contribution in [0.25, 0.3) is 0 Å². The Hall–Kier alpha value is -2.35. The van der Waals surface area contributed by atoms with Crippen LogP contribution in [0.15, 0.2) is 47.8 Å². The number of hydrogen-bond acceptors (Lipinski definition) is 7. The lowest BCUT2D eigenvalue weighted by Crippen LogP contribution is -2.26. The van der Waals surface area contributed by atoms with Gasteiger partial charge in [0, 0.05) is 26.4 Å². The highest BCUT2D eigenvalue weighted by molar-refractivity contribution is 7.12. The van der Waals surface area contributed by atoms with Crippen LogP contribution < -0.4 is 0 Å². The summed E-state index contributed by atoms with van der Waals surface area (Å²) in [5.74, 6) is -0.453. The van der Waals surface area contributed by atoms with E-state index in [4.69, 9.17) is 14.2 Å². The highest BCUT2D eigenvalue weighted by atomic mass is 32.1. The fourth-order valence-corrected chi connectivity index (χ4v) is 3.77. The molecule has 0 N–H and O–H groups in total. The smallest absolute Gasteiger partial charge is 0.308 e. The van der Waals surface area contributed by atoms with Crippen molar-refractivity contribution in [2.24, 2.45) is 0 Å². The van der Waals surface area contributed by atoms with E-state index in [1.807, 2.05) is 41.8 Å². The third kappa shape index (κ3) is 10.0. The fourth-order valence-electron chi connectivity index (χ4n) is 3.08. The van der Waals surface area contributed by atoms with Gasteiger partial charge in [0.05, 0.1) is 30.6 Å². The Morgan fingerprint density at radius 1 is 0.968 bits per heavy atom. The van der Waals surface area contributed by atoms with Crippen LogP contribution >= 0.6 is 11.3 Å². The van der Waals surface area contributed by atoms with Gasteiger partial charge in [0.15, 0.2) is 5.78 Å². The maximum Gasteiger partial charge on any atom is 0.308 e. The molecule has 168 valence electrons. The molecule has 0 fully saturated rings. The van der Waals surface area contributed by atoms with Gasteiger partial charge < -0.3 is 14.2 Å². The molecule has 0 saturated heterocycles. The van der Waals surface area contributed by atoms with Gasteiger partial charge in [0.2, 0.25) is 0 Å². The Bertz CT molecular complexity index is 803. The van der Waals surface area contributed by atoms with E-state index in [2.05, 4.69) is 0 Å². The summed E-state index contributed by atoms with van der Waals surface area (Å²) in [6.07, 6.45) is 0.403. The van der Waals surface area contributed by atoms with Crippen LogP contribution in [0.2, 0.25) is 0 Å². The van der Waals surface area contributed by atoms with Crippen molar-refractivity contribution in [3.63, 3.8) is 0 Å². The molecule has 31 heavy (non-hydrogen) atoms. The summed E-state index contributed by atoms with van der Waals surface area (Å²) in [6.45, 7) is 2.31. The quantitative estimate of drug-likeness (QED) is 0.226. The minimum atomic E-state index is -0.536. The predicted octanol–water partition coefficient (Wildman–Crippen LogP) is 4.61. The maximum absolute atomic E-state index is 12.4. The monoisotopic (exact) mass is 446 g/mol. The molecule has 2 aromatic rings. The number of thiophene rings is 1. The normalized spacial score (nSPS) is 12.8. The van der Waals surface area contributed by atoms with Crippen molar-refractivity contribution in [2.45, 2.75) is 57.8 Å². The second kappa shape index (κ2) is 13.9. The van der Waals surface area contributed by atoms with E-state index in [1.165, 1.54) is 25.4 Å². The Morgan fingerprint density at radius 3 is 2.39 bits per heavy atom. The number of carbonyl (C=O) groups excluding carboxylic acids is 3. The first-order chi connectivity index (χ1) is 15.0. The molecule has 0 aliphatic heterocycles. The van der Waals surface area contributed by atoms with E-state index in [-0.39, 0.29) is 24.4 Å². The minimum Gasteiger partial charge on any atom is -0.462 e. The molecule has 0 radical (unpaired) electrons. The number of carbonyl (C=O) groups is 3. The number of ether oxygens (including phenoxy) is 3. The molecule has 0 amide bonds. The molecule has 1 heterocycles. The average Bonchev–Trinajstić information content (AvgIpc) is 3.29. The van der Waals surface area contributed by atoms with Crippen LogP contribution in [0.3, 0.4) is 0 Å². The molecule has 0 aliphatic carbocycles. The second-order valence-corrected chi connectivity index (χ2v) is 8.29. The zero-order valence-electron chi connectivity index (χ0n) is 18.1. The molecular weight excluding hydrogens is 416 g/mol. The lowest BCUT2D eigenvalue weighted by Gasteiger charge is -2.19. The van der Waals surface area contributed by atoms with Crippen molar-refractivity contribution in [1.29, 1.82) is 0 Å². The Morgan fingerprint density at radius 2 is 1.74 bits per heavy atom. The zero-order valence-corrected chi connectivity index (χ0v) is 18.9. The van der Waals surface area contributed by atoms with E-state index in [9.17, 15) is 14.4 Å². The number of ketones is 2. The molecule has 7 heteroatoms. The van der Waals surface area contributed by atoms with E-state index in [1.54, 1.807) is 6.07 Å². The summed E-state index contributed by atoms with van der Waals surface area (Å²) in [5, 5.41) is 1.86. The first-order valence-corrected chi connectivity index (χ1v) is 11.3. The molecule has 2 rings (SSSR count). The molecule has 2 atom stereocenters. The Balaban J connectivity index is 1.75. The summed E-state index contributed by atoms with van der Waals surface area (Å²) in [4.78, 5) is 36.8. The summed E-state index contributed by atoms with van der Waals surface area (Å²) >= 11 is 1.40. The van der Waals surface area contributed by atoms with Gasteiger partial charge in [-0.1, -0.05) is 36.4 Å². The third-order valence-corrected chi connectivity index (χ3v) is 5.64. The van der Waals surface area contributed by atoms with Gasteiger partial charge in [0.25, 0.3) is 0 Å². The summed E-state index contributed by atoms with van der Waals surface area (Å²) < 4.78 is 16.5. The number of rotatable bonds is 15. The van der Waals surface area contributed by atoms with Crippen LogP contribution in [0.5, 0.6) is 0 Å². The molecule has 0 aliphatic rings. The molecule has 0 spiro atoms. The number of benzene rings is 1. The molecule has 0 saturated carbocycles. The van der Waals surface area contributed by atoms with Crippen LogP contribution in [0, 0.1) is 0 Å². The van der Waals surface area contributed by atoms with Gasteiger partial charge in [-0.25, -0.2) is 0 Å². The van der Waals surface area contributed by atoms with Crippen molar-refractivity contribution in [1.82, 2.24) is 0 Å². The van der Waals surface area contributed by atoms with E-state index < -0.39 is 18.2 Å². The topological polar surface area (TPSA) is 78.9 Å². The average molecular weight is 447 g/mol. The van der Waals surface area contributed by atoms with Gasteiger partial charge in [-0.05, 0) is 30.4 Å². The maximum atomic E-state index is 12.4. The van der Waals surface area contributed by atoms with Gasteiger partial charge in [-0.2, -0.15) is 0 Å². The van der Waals surface area contributed by atoms with Crippen LogP contribution in [-0.4, -0.2) is 43.5 Å². The van der Waals surface area contributed by atoms with Crippen molar-refractivity contribution in [2.75, 3.05) is 13.7 Å². The minimum absolute atomic E-state index is 0.0352. The largest absolute Gasteiger partial charge is 0.462 e. The first kappa shape index (κ1) is 24.9. The molecule has 2 unspecified atom stereocenters. The van der Waals surface area contributed by atoms with Gasteiger partial charge in [-0.15, -0.1) is 11.3 Å². The van der Waals surface area contributed by atoms with Gasteiger partial charge in [-0.3, -0.25) is 14.4 Å². The van der Waals surface area contributed by atoms with Gasteiger partial charge in [0.1, 0.15) is 11.9 Å². The van der Waals surface area contributed by atoms with Crippen LogP contribution in [0.4, 0.5) is 0 Å². The Labute approximate surface area is 187 Å². The summed E-state index contributed by atoms with van der Waals surface area (Å²) in [6, 6.07) is 13.4. The summed E-state index contributed by atoms with van der Waals surface area (Å²) in [5.41, 5.74) is 1.06. The van der Waals surface area contributed by atoms with Crippen molar-refractivity contribution >= 4 is 28.9 Å². The summed E-state index contributed by atoms with van der Waals surface area (Å²) in [7, 11) is 1.51. The number of hydrogen-bond donors (Lipinski definition) is 0. The highest BCUT2D eigenvalue weighted by Gasteiger charge is 2.21. The van der Waals surface area contributed by atoms with Crippen LogP contribution in [-0.2, 0) is 30.4 Å². The molecule has 0 bridgehead atoms. The van der Waals surface area contributed by atoms with E-state index in [0.29, 0.717) is 37.4 Å². The SMILES string of the molecule is COC(CCC(=O)c1cccs1)CC(=O)OC(CCOCc1ccccc1)CC(C)=O. The zero-order chi connectivity index (χ0) is 22.5. The van der Waals surface area contributed by atoms with Crippen LogP contribution in [0.1, 0.15) is 54.3 Å². The van der Waals surface area contributed by atoms with E-state index >= 15 is 0 Å². The number of Topliss-reactive ketones (excluding diaryl/α,β-unsaturated/α-hetero) is 2. The highest BCUT2D eigenvalue weighted by Crippen LogP contribution is 2.16. The number of esters is 1. The number of methoxy groups -OCH3 is 1. The van der Waals surface area contributed by atoms with Crippen molar-refractivity contribution in [3.05, 3.63) is 58.3 Å². The van der Waals surface area contributed by atoms with E-state index in [0.717, 1.165) is 5.56 Å². The third-order valence-electron chi connectivity index (χ3n) is 4.73. The van der Waals surface area contributed by atoms with Crippen molar-refractivity contribution < 1.29 is 28.6 Å². The lowest BCUT2D eigenvalue weighted by atomic mass is 10.1. The molecule has 1 aromatic heterocycles. The molecule has 1 aromatic carbocycles. The Kier molecular flexibility index (Phi) is 11.1. The molecular formula is C24H30O6S.